The van der Waals surface area contributed by atoms with Gasteiger partial charge in [0.05, 0.1) is 18.4 Å². The van der Waals surface area contributed by atoms with Crippen LogP contribution in [0, 0.1) is 0 Å². The predicted octanol–water partition coefficient (Wildman–Crippen LogP) is 1.82. The van der Waals surface area contributed by atoms with Crippen molar-refractivity contribution in [1.29, 1.82) is 0 Å². The molecule has 1 fully saturated rings. The molecule has 1 aliphatic heterocycles. The summed E-state index contributed by atoms with van der Waals surface area (Å²) in [4.78, 5) is 16.1. The van der Waals surface area contributed by atoms with E-state index in [1.54, 1.807) is 18.5 Å². The van der Waals surface area contributed by atoms with Crippen LogP contribution in [-0.4, -0.2) is 42.7 Å². The number of piperidine rings is 1. The van der Waals surface area contributed by atoms with E-state index in [0.717, 1.165) is 25.9 Å². The Balaban J connectivity index is 1.88. The van der Waals surface area contributed by atoms with Crippen molar-refractivity contribution < 1.29 is 14.3 Å². The van der Waals surface area contributed by atoms with E-state index in [2.05, 4.69) is 10.3 Å². The van der Waals surface area contributed by atoms with Crippen LogP contribution in [0.4, 0.5) is 0 Å². The first-order chi connectivity index (χ1) is 9.65. The second kappa shape index (κ2) is 7.36. The minimum absolute atomic E-state index is 0.0507. The number of rotatable bonds is 6. The summed E-state index contributed by atoms with van der Waals surface area (Å²) in [5.41, 5.74) is 0.539. The van der Waals surface area contributed by atoms with Crippen LogP contribution in [0.2, 0.25) is 0 Å². The summed E-state index contributed by atoms with van der Waals surface area (Å²) >= 11 is 0. The van der Waals surface area contributed by atoms with E-state index in [9.17, 15) is 4.79 Å². The maximum Gasteiger partial charge on any atom is 0.190 e. The standard InChI is InChI=1S/C15H22N2O3/c1-11(2)20-14-7-12(8-17-9-14)15(18)10-19-13-3-5-16-6-4-13/h7-9,11,13,16H,3-6,10H2,1-2H3. The molecule has 110 valence electrons. The molecule has 0 amide bonds. The minimum Gasteiger partial charge on any atom is -0.489 e. The fourth-order valence-electron chi connectivity index (χ4n) is 2.15. The van der Waals surface area contributed by atoms with E-state index in [-0.39, 0.29) is 24.6 Å². The predicted molar refractivity (Wildman–Crippen MR) is 76.2 cm³/mol. The monoisotopic (exact) mass is 278 g/mol. The lowest BCUT2D eigenvalue weighted by molar-refractivity contribution is 0.0317. The summed E-state index contributed by atoms with van der Waals surface area (Å²) in [5.74, 6) is 0.568. The molecule has 1 aromatic rings. The van der Waals surface area contributed by atoms with Gasteiger partial charge >= 0.3 is 0 Å². The molecule has 0 unspecified atom stereocenters. The molecule has 0 aliphatic carbocycles. The number of ketones is 1. The van der Waals surface area contributed by atoms with Gasteiger partial charge in [-0.05, 0) is 45.8 Å². The van der Waals surface area contributed by atoms with Gasteiger partial charge in [-0.3, -0.25) is 9.78 Å². The Morgan fingerprint density at radius 3 is 2.85 bits per heavy atom. The van der Waals surface area contributed by atoms with Gasteiger partial charge in [-0.2, -0.15) is 0 Å². The van der Waals surface area contributed by atoms with Crippen LogP contribution in [0.15, 0.2) is 18.5 Å². The third kappa shape index (κ3) is 4.58. The quantitative estimate of drug-likeness (QED) is 0.804. The van der Waals surface area contributed by atoms with E-state index in [1.807, 2.05) is 13.8 Å². The Morgan fingerprint density at radius 2 is 2.15 bits per heavy atom. The fourth-order valence-corrected chi connectivity index (χ4v) is 2.15. The van der Waals surface area contributed by atoms with E-state index < -0.39 is 0 Å². The van der Waals surface area contributed by atoms with Crippen LogP contribution in [0.1, 0.15) is 37.0 Å². The first-order valence-electron chi connectivity index (χ1n) is 7.12. The first-order valence-corrected chi connectivity index (χ1v) is 7.12. The third-order valence-electron chi connectivity index (χ3n) is 3.14. The Hall–Kier alpha value is -1.46. The van der Waals surface area contributed by atoms with E-state index in [0.29, 0.717) is 11.3 Å². The van der Waals surface area contributed by atoms with Crippen LogP contribution < -0.4 is 10.1 Å². The molecular formula is C15H22N2O3. The topological polar surface area (TPSA) is 60.5 Å². The molecule has 0 bridgehead atoms. The maximum atomic E-state index is 12.1. The summed E-state index contributed by atoms with van der Waals surface area (Å²) in [6.45, 7) is 5.90. The highest BCUT2D eigenvalue weighted by Gasteiger charge is 2.16. The number of Topliss-reactive ketones (excluding diaryl/α,β-unsaturated/α-hetero) is 1. The van der Waals surface area contributed by atoms with Gasteiger partial charge in [0.25, 0.3) is 0 Å². The van der Waals surface area contributed by atoms with Crippen molar-refractivity contribution in [1.82, 2.24) is 10.3 Å². The molecule has 0 saturated carbocycles. The summed E-state index contributed by atoms with van der Waals surface area (Å²) in [7, 11) is 0. The molecule has 0 atom stereocenters. The van der Waals surface area contributed by atoms with Gasteiger partial charge in [0.15, 0.2) is 5.78 Å². The lowest BCUT2D eigenvalue weighted by Gasteiger charge is -2.22. The van der Waals surface area contributed by atoms with E-state index in [4.69, 9.17) is 9.47 Å². The van der Waals surface area contributed by atoms with Crippen molar-refractivity contribution in [3.05, 3.63) is 24.0 Å². The lowest BCUT2D eigenvalue weighted by atomic mass is 10.1. The molecule has 1 saturated heterocycles. The van der Waals surface area contributed by atoms with Gasteiger partial charge in [0.2, 0.25) is 0 Å². The Kier molecular flexibility index (Phi) is 5.49. The van der Waals surface area contributed by atoms with Gasteiger partial charge in [0, 0.05) is 11.8 Å². The zero-order chi connectivity index (χ0) is 14.4. The number of carbonyl (C=O) groups is 1. The van der Waals surface area contributed by atoms with Gasteiger partial charge in [-0.25, -0.2) is 0 Å². The zero-order valence-corrected chi connectivity index (χ0v) is 12.1. The highest BCUT2D eigenvalue weighted by Crippen LogP contribution is 2.14. The Morgan fingerprint density at radius 1 is 1.40 bits per heavy atom. The third-order valence-corrected chi connectivity index (χ3v) is 3.14. The second-order valence-electron chi connectivity index (χ2n) is 5.26. The van der Waals surface area contributed by atoms with Gasteiger partial charge in [-0.1, -0.05) is 0 Å². The van der Waals surface area contributed by atoms with Gasteiger partial charge < -0.3 is 14.8 Å². The molecule has 1 N–H and O–H groups in total. The highest BCUT2D eigenvalue weighted by molar-refractivity contribution is 5.97. The molecule has 0 spiro atoms. The maximum absolute atomic E-state index is 12.1. The van der Waals surface area contributed by atoms with E-state index in [1.165, 1.54) is 0 Å². The largest absolute Gasteiger partial charge is 0.489 e. The number of ether oxygens (including phenoxy) is 2. The average Bonchev–Trinajstić information content (AvgIpc) is 2.45. The van der Waals surface area contributed by atoms with Gasteiger partial charge in [-0.15, -0.1) is 0 Å². The second-order valence-corrected chi connectivity index (χ2v) is 5.26. The summed E-state index contributed by atoms with van der Waals surface area (Å²) in [6, 6.07) is 1.72. The van der Waals surface area contributed by atoms with Crippen molar-refractivity contribution in [2.45, 2.75) is 38.9 Å². The van der Waals surface area contributed by atoms with Crippen LogP contribution in [0.5, 0.6) is 5.75 Å². The fraction of sp³-hybridized carbons (Fsp3) is 0.600. The summed E-state index contributed by atoms with van der Waals surface area (Å²) in [6.07, 6.45) is 5.34. The van der Waals surface area contributed by atoms with Crippen molar-refractivity contribution in [2.24, 2.45) is 0 Å². The number of nitrogens with zero attached hydrogens (tertiary/aromatic N) is 1. The number of aromatic nitrogens is 1. The number of hydrogen-bond donors (Lipinski definition) is 1. The molecule has 5 heteroatoms. The van der Waals surface area contributed by atoms with Crippen molar-refractivity contribution in [3.8, 4) is 5.75 Å². The SMILES string of the molecule is CC(C)Oc1cncc(C(=O)COC2CCNCC2)c1. The summed E-state index contributed by atoms with van der Waals surface area (Å²) in [5, 5.41) is 3.27. The van der Waals surface area contributed by atoms with Crippen molar-refractivity contribution in [2.75, 3.05) is 19.7 Å². The highest BCUT2D eigenvalue weighted by atomic mass is 16.5. The Bertz CT molecular complexity index is 442. The lowest BCUT2D eigenvalue weighted by Crippen LogP contribution is -2.33. The molecule has 0 radical (unpaired) electrons. The molecular weight excluding hydrogens is 256 g/mol. The molecule has 2 rings (SSSR count). The molecule has 2 heterocycles. The van der Waals surface area contributed by atoms with Crippen molar-refractivity contribution >= 4 is 5.78 Å². The van der Waals surface area contributed by atoms with Crippen LogP contribution in [0.3, 0.4) is 0 Å². The minimum atomic E-state index is -0.0507. The molecule has 1 aliphatic rings. The molecule has 5 nitrogen and oxygen atoms in total. The number of nitrogens with one attached hydrogen (secondary N) is 1. The van der Waals surface area contributed by atoms with Crippen LogP contribution >= 0.6 is 0 Å². The first kappa shape index (κ1) is 14.9. The molecule has 20 heavy (non-hydrogen) atoms. The average molecular weight is 278 g/mol. The smallest absolute Gasteiger partial charge is 0.190 e. The summed E-state index contributed by atoms with van der Waals surface area (Å²) < 4.78 is 11.2. The molecule has 0 aromatic carbocycles. The normalized spacial score (nSPS) is 16.4. The number of carbonyl (C=O) groups excluding carboxylic acids is 1. The van der Waals surface area contributed by atoms with Crippen LogP contribution in [-0.2, 0) is 4.74 Å². The van der Waals surface area contributed by atoms with Gasteiger partial charge in [0.1, 0.15) is 12.4 Å². The number of hydrogen-bond acceptors (Lipinski definition) is 5. The van der Waals surface area contributed by atoms with Crippen LogP contribution in [0.25, 0.3) is 0 Å². The number of pyridine rings is 1. The Labute approximate surface area is 119 Å². The molecule has 1 aromatic heterocycles. The zero-order valence-electron chi connectivity index (χ0n) is 12.1. The van der Waals surface area contributed by atoms with Crippen molar-refractivity contribution in [3.63, 3.8) is 0 Å². The van der Waals surface area contributed by atoms with E-state index >= 15 is 0 Å².